The highest BCUT2D eigenvalue weighted by Gasteiger charge is 1.99. The normalized spacial score (nSPS) is 14.6. The summed E-state index contributed by atoms with van der Waals surface area (Å²) < 4.78 is 24.8. The maximum absolute atomic E-state index is 12.5. The van der Waals surface area contributed by atoms with Gasteiger partial charge in [0, 0.05) is 5.57 Å². The molecule has 0 aromatic carbocycles. The number of halogens is 2. The smallest absolute Gasteiger partial charge is 0.128 e. The summed E-state index contributed by atoms with van der Waals surface area (Å²) >= 11 is 0. The van der Waals surface area contributed by atoms with Crippen LogP contribution in [-0.4, -0.2) is 0 Å². The van der Waals surface area contributed by atoms with Gasteiger partial charge in [-0.1, -0.05) is 12.7 Å². The van der Waals surface area contributed by atoms with Crippen molar-refractivity contribution in [1.29, 1.82) is 0 Å². The second-order valence-electron chi connectivity index (χ2n) is 1.91. The predicted molar refractivity (Wildman–Crippen MR) is 38.9 cm³/mol. The zero-order chi connectivity index (χ0) is 8.15. The van der Waals surface area contributed by atoms with Crippen molar-refractivity contribution in [3.05, 3.63) is 36.0 Å². The van der Waals surface area contributed by atoms with Crippen LogP contribution in [-0.2, 0) is 0 Å². The summed E-state index contributed by atoms with van der Waals surface area (Å²) in [6.45, 7) is 5.87. The van der Waals surface area contributed by atoms with Crippen LogP contribution in [0.2, 0.25) is 0 Å². The average Bonchev–Trinajstić information content (AvgIpc) is 1.87. The van der Waals surface area contributed by atoms with Gasteiger partial charge in [-0.3, -0.25) is 0 Å². The standard InChI is InChI=1S/C8H10F2/c1-4-5-8(10)6(2)7(3)9/h4-5H,1H2,2-3H3/b7-6+,8-5+. The first kappa shape index (κ1) is 9.08. The zero-order valence-corrected chi connectivity index (χ0v) is 6.12. The monoisotopic (exact) mass is 144 g/mol. The number of hydrogen-bond acceptors (Lipinski definition) is 0. The second-order valence-corrected chi connectivity index (χ2v) is 1.91. The lowest BCUT2D eigenvalue weighted by Gasteiger charge is -1.94. The fourth-order valence-corrected chi connectivity index (χ4v) is 0.393. The lowest BCUT2D eigenvalue weighted by atomic mass is 10.2. The van der Waals surface area contributed by atoms with Crippen LogP contribution in [0.4, 0.5) is 8.78 Å². The van der Waals surface area contributed by atoms with Crippen LogP contribution < -0.4 is 0 Å². The highest BCUT2D eigenvalue weighted by molar-refractivity contribution is 5.27. The molecule has 0 N–H and O–H groups in total. The van der Waals surface area contributed by atoms with Crippen molar-refractivity contribution in [2.45, 2.75) is 13.8 Å². The van der Waals surface area contributed by atoms with Crippen molar-refractivity contribution < 1.29 is 8.78 Å². The van der Waals surface area contributed by atoms with Gasteiger partial charge in [-0.05, 0) is 19.9 Å². The van der Waals surface area contributed by atoms with E-state index >= 15 is 0 Å². The van der Waals surface area contributed by atoms with E-state index in [0.717, 1.165) is 6.08 Å². The fraction of sp³-hybridized carbons (Fsp3) is 0.250. The highest BCUT2D eigenvalue weighted by Crippen LogP contribution is 2.15. The second kappa shape index (κ2) is 3.99. The van der Waals surface area contributed by atoms with Crippen LogP contribution >= 0.6 is 0 Å². The van der Waals surface area contributed by atoms with Crippen molar-refractivity contribution in [1.82, 2.24) is 0 Å². The predicted octanol–water partition coefficient (Wildman–Crippen LogP) is 3.29. The molecule has 2 heteroatoms. The summed E-state index contributed by atoms with van der Waals surface area (Å²) in [7, 11) is 0. The highest BCUT2D eigenvalue weighted by atomic mass is 19.1. The molecular formula is C8H10F2. The van der Waals surface area contributed by atoms with Crippen LogP contribution in [0.5, 0.6) is 0 Å². The molecule has 0 aromatic rings. The molecule has 0 nitrogen and oxygen atoms in total. The maximum atomic E-state index is 12.5. The molecule has 0 fully saturated rings. The maximum Gasteiger partial charge on any atom is 0.128 e. The van der Waals surface area contributed by atoms with E-state index in [1.54, 1.807) is 0 Å². The van der Waals surface area contributed by atoms with Crippen LogP contribution in [0.25, 0.3) is 0 Å². The molecule has 0 radical (unpaired) electrons. The van der Waals surface area contributed by atoms with E-state index in [2.05, 4.69) is 6.58 Å². The SMILES string of the molecule is C=C/C=C(F)\C(C)=C(/C)F. The van der Waals surface area contributed by atoms with Crippen molar-refractivity contribution in [2.24, 2.45) is 0 Å². The van der Waals surface area contributed by atoms with Gasteiger partial charge in [-0.15, -0.1) is 0 Å². The van der Waals surface area contributed by atoms with Gasteiger partial charge >= 0.3 is 0 Å². The third-order valence-electron chi connectivity index (χ3n) is 1.14. The zero-order valence-electron chi connectivity index (χ0n) is 6.12. The Balaban J connectivity index is 4.51. The van der Waals surface area contributed by atoms with Gasteiger partial charge in [-0.25, -0.2) is 8.78 Å². The van der Waals surface area contributed by atoms with E-state index in [9.17, 15) is 8.78 Å². The molecular weight excluding hydrogens is 134 g/mol. The van der Waals surface area contributed by atoms with E-state index in [-0.39, 0.29) is 5.57 Å². The van der Waals surface area contributed by atoms with Gasteiger partial charge in [-0.2, -0.15) is 0 Å². The topological polar surface area (TPSA) is 0 Å². The molecule has 0 amide bonds. The minimum absolute atomic E-state index is 0.0277. The number of allylic oxidation sites excluding steroid dienone is 5. The van der Waals surface area contributed by atoms with E-state index < -0.39 is 11.7 Å². The average molecular weight is 144 g/mol. The third kappa shape index (κ3) is 2.58. The Morgan fingerprint density at radius 2 is 1.80 bits per heavy atom. The van der Waals surface area contributed by atoms with E-state index in [1.807, 2.05) is 0 Å². The molecule has 0 aromatic heterocycles. The van der Waals surface area contributed by atoms with Crippen molar-refractivity contribution in [3.63, 3.8) is 0 Å². The molecule has 0 unspecified atom stereocenters. The van der Waals surface area contributed by atoms with Crippen LogP contribution in [0.3, 0.4) is 0 Å². The van der Waals surface area contributed by atoms with E-state index in [4.69, 9.17) is 0 Å². The quantitative estimate of drug-likeness (QED) is 0.521. The molecule has 0 heterocycles. The van der Waals surface area contributed by atoms with Gasteiger partial charge < -0.3 is 0 Å². The van der Waals surface area contributed by atoms with Crippen LogP contribution in [0, 0.1) is 0 Å². The number of rotatable bonds is 2. The molecule has 0 aliphatic rings. The molecule has 0 spiro atoms. The lowest BCUT2D eigenvalue weighted by molar-refractivity contribution is 0.595. The summed E-state index contributed by atoms with van der Waals surface area (Å²) in [6, 6.07) is 0. The van der Waals surface area contributed by atoms with E-state index in [0.29, 0.717) is 0 Å². The van der Waals surface area contributed by atoms with Crippen LogP contribution in [0.1, 0.15) is 13.8 Å². The minimum Gasteiger partial charge on any atom is -0.212 e. The molecule has 0 bridgehead atoms. The van der Waals surface area contributed by atoms with Crippen molar-refractivity contribution in [2.75, 3.05) is 0 Å². The first-order chi connectivity index (χ1) is 4.59. The summed E-state index contributed by atoms with van der Waals surface area (Å²) in [5.74, 6) is -1.08. The summed E-state index contributed by atoms with van der Waals surface area (Å²) in [5.41, 5.74) is 0.0277. The molecule has 0 atom stereocenters. The van der Waals surface area contributed by atoms with Crippen molar-refractivity contribution in [3.8, 4) is 0 Å². The Morgan fingerprint density at radius 3 is 2.10 bits per heavy atom. The Hall–Kier alpha value is -0.920. The first-order valence-corrected chi connectivity index (χ1v) is 2.91. The molecule has 0 saturated carbocycles. The lowest BCUT2D eigenvalue weighted by Crippen LogP contribution is -1.78. The Bertz CT molecular complexity index is 183. The summed E-state index contributed by atoms with van der Waals surface area (Å²) in [5, 5.41) is 0. The van der Waals surface area contributed by atoms with Crippen LogP contribution in [0.15, 0.2) is 36.0 Å². The Kier molecular flexibility index (Phi) is 3.62. The van der Waals surface area contributed by atoms with Gasteiger partial charge in [0.25, 0.3) is 0 Å². The van der Waals surface area contributed by atoms with Gasteiger partial charge in [0.05, 0.1) is 0 Å². The molecule has 0 aliphatic heterocycles. The number of hydrogen-bond donors (Lipinski definition) is 0. The molecule has 0 saturated heterocycles. The van der Waals surface area contributed by atoms with Gasteiger partial charge in [0.2, 0.25) is 0 Å². The largest absolute Gasteiger partial charge is 0.212 e. The third-order valence-corrected chi connectivity index (χ3v) is 1.14. The van der Waals surface area contributed by atoms with E-state index in [1.165, 1.54) is 19.9 Å². The van der Waals surface area contributed by atoms with Gasteiger partial charge in [0.1, 0.15) is 11.7 Å². The Morgan fingerprint density at radius 1 is 1.30 bits per heavy atom. The van der Waals surface area contributed by atoms with Crippen molar-refractivity contribution >= 4 is 0 Å². The van der Waals surface area contributed by atoms with Gasteiger partial charge in [0.15, 0.2) is 0 Å². The molecule has 10 heavy (non-hydrogen) atoms. The first-order valence-electron chi connectivity index (χ1n) is 2.91. The fourth-order valence-electron chi connectivity index (χ4n) is 0.393. The minimum atomic E-state index is -0.574. The molecule has 0 aliphatic carbocycles. The summed E-state index contributed by atoms with van der Waals surface area (Å²) in [4.78, 5) is 0. The Labute approximate surface area is 59.6 Å². The summed E-state index contributed by atoms with van der Waals surface area (Å²) in [6.07, 6.45) is 2.40. The molecule has 0 rings (SSSR count). The molecule has 56 valence electrons.